The van der Waals surface area contributed by atoms with Gasteiger partial charge in [0.25, 0.3) is 0 Å². The Kier molecular flexibility index (Phi) is 2.01. The summed E-state index contributed by atoms with van der Waals surface area (Å²) < 4.78 is 19.1. The van der Waals surface area contributed by atoms with Crippen LogP contribution in [0.25, 0.3) is 11.0 Å². The average molecular weight is 274 g/mol. The third kappa shape index (κ3) is 1.29. The molecule has 5 rings (SSSR count). The molecule has 0 spiro atoms. The molecule has 3 aliphatic heterocycles. The summed E-state index contributed by atoms with van der Waals surface area (Å²) in [5, 5.41) is 10.6. The van der Waals surface area contributed by atoms with Gasteiger partial charge in [-0.05, 0) is 12.1 Å². The van der Waals surface area contributed by atoms with Crippen molar-refractivity contribution in [3.05, 3.63) is 30.1 Å². The van der Waals surface area contributed by atoms with E-state index in [1.54, 1.807) is 0 Å². The van der Waals surface area contributed by atoms with Gasteiger partial charge < -0.3 is 23.9 Å². The quantitative estimate of drug-likeness (QED) is 0.774. The zero-order valence-electron chi connectivity index (χ0n) is 10.7. The van der Waals surface area contributed by atoms with Crippen molar-refractivity contribution in [2.45, 2.75) is 37.3 Å². The molecule has 6 nitrogen and oxygen atoms in total. The Hall–Kier alpha value is -1.47. The van der Waals surface area contributed by atoms with Gasteiger partial charge >= 0.3 is 0 Å². The number of rotatable bonds is 0. The molecule has 4 unspecified atom stereocenters. The smallest absolute Gasteiger partial charge is 0.220 e. The highest BCUT2D eigenvalue weighted by molar-refractivity contribution is 5.76. The first-order valence-corrected chi connectivity index (χ1v) is 6.84. The lowest BCUT2D eigenvalue weighted by atomic mass is 9.98. The van der Waals surface area contributed by atoms with Crippen molar-refractivity contribution in [2.24, 2.45) is 0 Å². The van der Waals surface area contributed by atoms with E-state index in [-0.39, 0.29) is 18.8 Å². The fourth-order valence-electron chi connectivity index (χ4n) is 3.53. The van der Waals surface area contributed by atoms with Crippen LogP contribution in [0.15, 0.2) is 24.3 Å². The minimum Gasteiger partial charge on any atom is -0.361 e. The van der Waals surface area contributed by atoms with Crippen molar-refractivity contribution >= 4 is 11.0 Å². The van der Waals surface area contributed by atoms with Gasteiger partial charge in [-0.15, -0.1) is 0 Å². The average Bonchev–Trinajstić information content (AvgIpc) is 3.03. The standard InChI is InChI=1S/C14H14N2O4/c17-14-5-10(11-6-18-13(14)20-11)16-9-4-2-1-3-8(9)15-12(16)7-19-14/h1-4,10-11,13,17H,5-7H2. The maximum absolute atomic E-state index is 10.6. The largest absolute Gasteiger partial charge is 0.361 e. The molecular formula is C14H14N2O4. The Balaban J connectivity index is 1.75. The van der Waals surface area contributed by atoms with E-state index in [9.17, 15) is 5.11 Å². The van der Waals surface area contributed by atoms with E-state index in [0.29, 0.717) is 13.0 Å². The summed E-state index contributed by atoms with van der Waals surface area (Å²) in [6, 6.07) is 7.98. The Morgan fingerprint density at radius 2 is 2.25 bits per heavy atom. The van der Waals surface area contributed by atoms with Crippen LogP contribution in [0, 0.1) is 0 Å². The molecule has 1 aromatic carbocycles. The minimum absolute atomic E-state index is 0.0105. The van der Waals surface area contributed by atoms with Crippen molar-refractivity contribution in [3.8, 4) is 0 Å². The Labute approximate surface area is 114 Å². The van der Waals surface area contributed by atoms with Gasteiger partial charge in [0.2, 0.25) is 12.1 Å². The molecule has 4 atom stereocenters. The second-order valence-electron chi connectivity index (χ2n) is 5.63. The maximum atomic E-state index is 10.6. The van der Waals surface area contributed by atoms with Crippen LogP contribution in [-0.2, 0) is 20.8 Å². The highest BCUT2D eigenvalue weighted by atomic mass is 16.8. The topological polar surface area (TPSA) is 65.7 Å². The summed E-state index contributed by atoms with van der Waals surface area (Å²) in [4.78, 5) is 4.62. The Morgan fingerprint density at radius 1 is 1.35 bits per heavy atom. The second-order valence-corrected chi connectivity index (χ2v) is 5.63. The number of ether oxygens (including phenoxy) is 3. The lowest BCUT2D eigenvalue weighted by Crippen LogP contribution is -2.50. The van der Waals surface area contributed by atoms with E-state index in [1.165, 1.54) is 0 Å². The third-order valence-corrected chi connectivity index (χ3v) is 4.46. The molecule has 0 amide bonds. The van der Waals surface area contributed by atoms with Crippen LogP contribution < -0.4 is 0 Å². The molecule has 0 radical (unpaired) electrons. The van der Waals surface area contributed by atoms with Crippen molar-refractivity contribution in [2.75, 3.05) is 6.61 Å². The molecule has 0 saturated carbocycles. The number of fused-ring (bicyclic) bond motifs is 10. The second kappa shape index (κ2) is 3.59. The summed E-state index contributed by atoms with van der Waals surface area (Å²) in [5.74, 6) is -0.539. The van der Waals surface area contributed by atoms with Crippen LogP contribution in [0.1, 0.15) is 18.3 Å². The van der Waals surface area contributed by atoms with Crippen LogP contribution in [0.5, 0.6) is 0 Å². The predicted molar refractivity (Wildman–Crippen MR) is 67.7 cm³/mol. The van der Waals surface area contributed by atoms with E-state index in [2.05, 4.69) is 9.55 Å². The molecule has 0 aliphatic carbocycles. The van der Waals surface area contributed by atoms with Crippen LogP contribution in [0.3, 0.4) is 0 Å². The first kappa shape index (κ1) is 11.2. The van der Waals surface area contributed by atoms with Crippen molar-refractivity contribution in [3.63, 3.8) is 0 Å². The van der Waals surface area contributed by atoms with Crippen LogP contribution in [0.4, 0.5) is 0 Å². The third-order valence-electron chi connectivity index (χ3n) is 4.46. The Morgan fingerprint density at radius 3 is 3.20 bits per heavy atom. The number of imidazole rings is 1. The Bertz CT molecular complexity index is 700. The number of para-hydroxylation sites is 2. The molecular weight excluding hydrogens is 260 g/mol. The van der Waals surface area contributed by atoms with Gasteiger partial charge in [-0.25, -0.2) is 4.98 Å². The molecule has 104 valence electrons. The van der Waals surface area contributed by atoms with E-state index in [4.69, 9.17) is 14.2 Å². The number of nitrogens with zero attached hydrogens (tertiary/aromatic N) is 2. The minimum atomic E-state index is -1.38. The molecule has 2 aromatic rings. The lowest BCUT2D eigenvalue weighted by molar-refractivity contribution is -0.334. The molecule has 3 aliphatic rings. The van der Waals surface area contributed by atoms with Crippen molar-refractivity contribution in [1.82, 2.24) is 9.55 Å². The predicted octanol–water partition coefficient (Wildman–Crippen LogP) is 0.941. The van der Waals surface area contributed by atoms with Gasteiger partial charge in [-0.2, -0.15) is 0 Å². The highest BCUT2D eigenvalue weighted by Crippen LogP contribution is 2.45. The fourth-order valence-corrected chi connectivity index (χ4v) is 3.53. The molecule has 2 fully saturated rings. The number of hydrogen-bond donors (Lipinski definition) is 1. The zero-order chi connectivity index (χ0) is 13.3. The summed E-state index contributed by atoms with van der Waals surface area (Å²) in [7, 11) is 0. The fraction of sp³-hybridized carbons (Fsp3) is 0.500. The van der Waals surface area contributed by atoms with Crippen molar-refractivity contribution < 1.29 is 19.3 Å². The van der Waals surface area contributed by atoms with E-state index < -0.39 is 12.1 Å². The molecule has 2 saturated heterocycles. The molecule has 4 bridgehead atoms. The van der Waals surface area contributed by atoms with Gasteiger partial charge in [0.15, 0.2) is 0 Å². The SMILES string of the molecule is OC12CC(C3COC1O3)n1c(nc3ccccc31)CO2. The summed E-state index contributed by atoms with van der Waals surface area (Å²) in [6.45, 7) is 0.741. The van der Waals surface area contributed by atoms with Crippen LogP contribution in [0.2, 0.25) is 0 Å². The van der Waals surface area contributed by atoms with Gasteiger partial charge in [-0.1, -0.05) is 12.1 Å². The van der Waals surface area contributed by atoms with Gasteiger partial charge in [0.1, 0.15) is 18.5 Å². The summed E-state index contributed by atoms with van der Waals surface area (Å²) in [6.07, 6.45) is -0.270. The number of benzene rings is 1. The van der Waals surface area contributed by atoms with E-state index in [1.807, 2.05) is 24.3 Å². The van der Waals surface area contributed by atoms with E-state index >= 15 is 0 Å². The highest BCUT2D eigenvalue weighted by Gasteiger charge is 2.56. The normalized spacial score (nSPS) is 38.8. The van der Waals surface area contributed by atoms with Gasteiger partial charge in [-0.3, -0.25) is 0 Å². The van der Waals surface area contributed by atoms with Gasteiger partial charge in [0, 0.05) is 6.42 Å². The molecule has 1 aromatic heterocycles. The van der Waals surface area contributed by atoms with Crippen LogP contribution in [-0.4, -0.2) is 39.4 Å². The van der Waals surface area contributed by atoms with Crippen LogP contribution >= 0.6 is 0 Å². The lowest BCUT2D eigenvalue weighted by Gasteiger charge is -2.38. The number of aliphatic hydroxyl groups is 1. The van der Waals surface area contributed by atoms with Gasteiger partial charge in [0.05, 0.1) is 23.7 Å². The first-order chi connectivity index (χ1) is 9.74. The zero-order valence-corrected chi connectivity index (χ0v) is 10.7. The van der Waals surface area contributed by atoms with E-state index in [0.717, 1.165) is 16.9 Å². The van der Waals surface area contributed by atoms with Crippen molar-refractivity contribution in [1.29, 1.82) is 0 Å². The molecule has 1 N–H and O–H groups in total. The first-order valence-electron chi connectivity index (χ1n) is 6.84. The maximum Gasteiger partial charge on any atom is 0.220 e. The molecule has 20 heavy (non-hydrogen) atoms. The number of aromatic nitrogens is 2. The summed E-state index contributed by atoms with van der Waals surface area (Å²) >= 11 is 0. The summed E-state index contributed by atoms with van der Waals surface area (Å²) in [5.41, 5.74) is 1.99. The molecule has 4 heterocycles. The number of hydrogen-bond acceptors (Lipinski definition) is 5. The monoisotopic (exact) mass is 274 g/mol. The molecule has 6 heteroatoms.